The van der Waals surface area contributed by atoms with E-state index in [2.05, 4.69) is 20.3 Å². The molecule has 0 aliphatic heterocycles. The number of carbonyl (C=O) groups excluding carboxylic acids is 1. The number of carbonyl (C=O) groups is 1. The van der Waals surface area contributed by atoms with Crippen molar-refractivity contribution in [3.63, 3.8) is 0 Å². The summed E-state index contributed by atoms with van der Waals surface area (Å²) in [6.45, 7) is 1.90. The number of pyridine rings is 2. The van der Waals surface area contributed by atoms with Crippen molar-refractivity contribution in [2.24, 2.45) is 7.05 Å². The summed E-state index contributed by atoms with van der Waals surface area (Å²) < 4.78 is 1.93. The maximum absolute atomic E-state index is 13.0. The highest BCUT2D eigenvalue weighted by Gasteiger charge is 2.24. The number of hydrogen-bond acceptors (Lipinski definition) is 4. The summed E-state index contributed by atoms with van der Waals surface area (Å²) in [5.41, 5.74) is 1.41. The van der Waals surface area contributed by atoms with Crippen LogP contribution in [0.2, 0.25) is 0 Å². The summed E-state index contributed by atoms with van der Waals surface area (Å²) >= 11 is 0. The Hall–Kier alpha value is -3.09. The van der Waals surface area contributed by atoms with Crippen molar-refractivity contribution in [2.75, 3.05) is 5.32 Å². The topological polar surface area (TPSA) is 72.7 Å². The van der Waals surface area contributed by atoms with Gasteiger partial charge in [-0.25, -0.2) is 15.0 Å². The minimum Gasteiger partial charge on any atom is -0.330 e. The van der Waals surface area contributed by atoms with Crippen molar-refractivity contribution in [1.82, 2.24) is 19.5 Å². The Balaban J connectivity index is 1.72. The number of amides is 1. The molecule has 3 heterocycles. The number of aromatic nitrogens is 4. The molecule has 1 aromatic carbocycles. The van der Waals surface area contributed by atoms with Gasteiger partial charge in [0, 0.05) is 30.3 Å². The minimum absolute atomic E-state index is 0.0509. The van der Waals surface area contributed by atoms with E-state index < -0.39 is 11.0 Å². The van der Waals surface area contributed by atoms with Crippen LogP contribution in [0, 0.1) is 6.92 Å². The van der Waals surface area contributed by atoms with Gasteiger partial charge in [-0.3, -0.25) is 4.79 Å². The Morgan fingerprint density at radius 1 is 0.971 bits per heavy atom. The number of nitrogens with one attached hydrogen (secondary N) is 1. The summed E-state index contributed by atoms with van der Waals surface area (Å²) in [5, 5.41) is 1.53. The third kappa shape index (κ3) is 4.12. The lowest BCUT2D eigenvalue weighted by Crippen LogP contribution is -2.54. The highest BCUT2D eigenvalue weighted by molar-refractivity contribution is 6.66. The number of aryl methyl sites for hydroxylation is 1. The van der Waals surface area contributed by atoms with Crippen LogP contribution in [0.3, 0.4) is 0 Å². The first kappa shape index (κ1) is 24.1. The molecule has 1 N–H and O–H groups in total. The number of imidazole rings is 1. The summed E-state index contributed by atoms with van der Waals surface area (Å²) in [4.78, 5) is 26.3. The molecular formula is C21H12B7N5O. The van der Waals surface area contributed by atoms with Crippen LogP contribution in [0.4, 0.5) is 5.82 Å². The van der Waals surface area contributed by atoms with Crippen LogP contribution >= 0.6 is 0 Å². The third-order valence-electron chi connectivity index (χ3n) is 5.62. The number of benzene rings is 1. The molecule has 148 valence electrons. The largest absolute Gasteiger partial charge is 0.330 e. The SMILES string of the molecule is [B]c1c([B])c(C([B])([B])[B])c([B])c([B])c1C(=O)Nc1cc2nc(-c3cnc(C)n3C)ccc2cn1. The van der Waals surface area contributed by atoms with Gasteiger partial charge in [0.2, 0.25) is 0 Å². The van der Waals surface area contributed by atoms with Crippen molar-refractivity contribution in [2.45, 2.75) is 12.0 Å². The van der Waals surface area contributed by atoms with E-state index in [0.717, 1.165) is 22.6 Å². The summed E-state index contributed by atoms with van der Waals surface area (Å²) in [5.74, 6) is 0.395. The van der Waals surface area contributed by atoms with Crippen LogP contribution in [0.1, 0.15) is 21.7 Å². The van der Waals surface area contributed by atoms with Gasteiger partial charge in [-0.05, 0) is 19.1 Å². The fourth-order valence-corrected chi connectivity index (χ4v) is 3.69. The fourth-order valence-electron chi connectivity index (χ4n) is 3.69. The molecule has 4 aromatic rings. The van der Waals surface area contributed by atoms with Crippen LogP contribution in [-0.2, 0) is 12.2 Å². The van der Waals surface area contributed by atoms with E-state index in [1.807, 2.05) is 30.7 Å². The van der Waals surface area contributed by atoms with Gasteiger partial charge in [-0.15, -0.1) is 16.0 Å². The number of rotatable bonds is 4. The average Bonchev–Trinajstić information content (AvgIpc) is 3.09. The molecule has 3 aromatic heterocycles. The molecule has 0 bridgehead atoms. The molecule has 4 rings (SSSR count). The predicted octanol–water partition coefficient (Wildman–Crippen LogP) is -2.62. The van der Waals surface area contributed by atoms with Crippen molar-refractivity contribution in [3.8, 4) is 11.4 Å². The van der Waals surface area contributed by atoms with Crippen LogP contribution in [0.5, 0.6) is 0 Å². The molecular weight excluding hydrogens is 414 g/mol. The second-order valence-electron chi connectivity index (χ2n) is 8.00. The fraction of sp³-hybridized carbons (Fsp3) is 0.143. The average molecular weight is 426 g/mol. The smallest absolute Gasteiger partial charge is 0.255 e. The zero-order valence-corrected chi connectivity index (χ0v) is 18.6. The summed E-state index contributed by atoms with van der Waals surface area (Å²) in [6, 6.07) is 5.38. The maximum atomic E-state index is 13.0. The van der Waals surface area contributed by atoms with E-state index in [-0.39, 0.29) is 38.8 Å². The minimum atomic E-state index is -1.90. The first-order valence-electron chi connectivity index (χ1n) is 10.1. The molecule has 0 aliphatic rings. The Bertz CT molecular complexity index is 1430. The van der Waals surface area contributed by atoms with E-state index >= 15 is 0 Å². The second-order valence-corrected chi connectivity index (χ2v) is 8.00. The van der Waals surface area contributed by atoms with Crippen molar-refractivity contribution in [1.29, 1.82) is 0 Å². The van der Waals surface area contributed by atoms with Gasteiger partial charge in [0.25, 0.3) is 5.91 Å². The van der Waals surface area contributed by atoms with Crippen LogP contribution in [-0.4, -0.2) is 80.4 Å². The Morgan fingerprint density at radius 3 is 2.18 bits per heavy atom. The molecule has 0 fully saturated rings. The van der Waals surface area contributed by atoms with Crippen LogP contribution in [0.15, 0.2) is 30.6 Å². The van der Waals surface area contributed by atoms with Crippen molar-refractivity contribution < 1.29 is 4.79 Å². The second kappa shape index (κ2) is 8.60. The first-order chi connectivity index (χ1) is 15.9. The lowest BCUT2D eigenvalue weighted by atomic mass is 9.37. The molecule has 0 aliphatic carbocycles. The molecule has 0 saturated heterocycles. The van der Waals surface area contributed by atoms with Gasteiger partial charge >= 0.3 is 0 Å². The highest BCUT2D eigenvalue weighted by Crippen LogP contribution is 2.22. The molecule has 0 atom stereocenters. The van der Waals surface area contributed by atoms with Crippen LogP contribution in [0.25, 0.3) is 22.3 Å². The van der Waals surface area contributed by atoms with E-state index in [1.165, 1.54) is 0 Å². The zero-order chi connectivity index (χ0) is 24.9. The number of nitrogens with zero attached hydrogens (tertiary/aromatic N) is 4. The lowest BCUT2D eigenvalue weighted by Gasteiger charge is -2.31. The monoisotopic (exact) mass is 427 g/mol. The molecule has 1 amide bonds. The quantitative estimate of drug-likeness (QED) is 0.363. The maximum Gasteiger partial charge on any atom is 0.255 e. The van der Waals surface area contributed by atoms with Crippen molar-refractivity contribution in [3.05, 3.63) is 47.5 Å². The number of fused-ring (bicyclic) bond motifs is 1. The summed E-state index contributed by atoms with van der Waals surface area (Å²) in [7, 11) is 43.2. The molecule has 0 spiro atoms. The Morgan fingerprint density at radius 2 is 1.62 bits per heavy atom. The Labute approximate surface area is 207 Å². The predicted molar refractivity (Wildman–Crippen MR) is 141 cm³/mol. The standard InChI is InChI=1S/C21H12B7N5O/c1-8-29-7-12(33(8)2)10-4-3-9-6-30-13(5-11(9)31-10)32-20(34)14-16(22)18(24)15(21(26,27)28)19(25)17(14)23/h3-7H,1-2H3,(H,30,32,34). The van der Waals surface area contributed by atoms with Crippen molar-refractivity contribution >= 4 is 99.4 Å². The number of anilines is 1. The van der Waals surface area contributed by atoms with E-state index in [0.29, 0.717) is 5.52 Å². The van der Waals surface area contributed by atoms with Gasteiger partial charge in [-0.2, -0.15) is 0 Å². The molecule has 13 heteroatoms. The zero-order valence-electron chi connectivity index (χ0n) is 18.6. The molecule has 0 unspecified atom stereocenters. The normalized spacial score (nSPS) is 11.6. The molecule has 14 radical (unpaired) electrons. The summed E-state index contributed by atoms with van der Waals surface area (Å²) in [6.07, 6.45) is 3.33. The molecule has 0 saturated carbocycles. The Kier molecular flexibility index (Phi) is 6.09. The van der Waals surface area contributed by atoms with Gasteiger partial charge in [0.15, 0.2) is 0 Å². The number of hydrogen-bond donors (Lipinski definition) is 1. The molecule has 34 heavy (non-hydrogen) atoms. The third-order valence-corrected chi connectivity index (χ3v) is 5.62. The lowest BCUT2D eigenvalue weighted by molar-refractivity contribution is 0.102. The first-order valence-corrected chi connectivity index (χ1v) is 10.1. The van der Waals surface area contributed by atoms with Crippen LogP contribution < -0.4 is 27.2 Å². The van der Waals surface area contributed by atoms with Gasteiger partial charge in [0.1, 0.15) is 43.0 Å². The van der Waals surface area contributed by atoms with Gasteiger partial charge in [0.05, 0.1) is 46.6 Å². The van der Waals surface area contributed by atoms with Gasteiger partial charge in [-0.1, -0.05) is 16.5 Å². The van der Waals surface area contributed by atoms with Gasteiger partial charge < -0.3 is 9.88 Å². The highest BCUT2D eigenvalue weighted by atomic mass is 16.1. The molecule has 6 nitrogen and oxygen atoms in total. The van der Waals surface area contributed by atoms with E-state index in [9.17, 15) is 4.79 Å². The van der Waals surface area contributed by atoms with E-state index in [1.54, 1.807) is 18.5 Å². The van der Waals surface area contributed by atoms with E-state index in [4.69, 9.17) is 54.9 Å².